The predicted molar refractivity (Wildman–Crippen MR) is 36.4 cm³/mol. The third kappa shape index (κ3) is 0.976. The molecule has 0 aromatic heterocycles. The van der Waals surface area contributed by atoms with E-state index in [0.29, 0.717) is 5.92 Å². The molecule has 0 aliphatic carbocycles. The highest BCUT2D eigenvalue weighted by Crippen LogP contribution is 2.06. The van der Waals surface area contributed by atoms with Gasteiger partial charge in [-0.05, 0) is 0 Å². The average Bonchev–Trinajstić information content (AvgIpc) is 1.88. The fourth-order valence-corrected chi connectivity index (χ4v) is 1.39. The Balaban J connectivity index is 2.09. The maximum atomic E-state index is 4.22. The van der Waals surface area contributed by atoms with Crippen LogP contribution in [0.5, 0.6) is 0 Å². The molecule has 2 rings (SSSR count). The van der Waals surface area contributed by atoms with Crippen molar-refractivity contribution in [2.75, 3.05) is 26.4 Å². The van der Waals surface area contributed by atoms with Gasteiger partial charge in [0.15, 0.2) is 0 Å². The van der Waals surface area contributed by atoms with Crippen LogP contribution in [0.25, 0.3) is 0 Å². The van der Waals surface area contributed by atoms with Gasteiger partial charge in [-0.1, -0.05) is 0 Å². The lowest BCUT2D eigenvalue weighted by atomic mass is 10.1. The van der Waals surface area contributed by atoms with Crippen molar-refractivity contribution in [2.24, 2.45) is 10.9 Å². The number of fused-ring (bicyclic) bond motifs is 2. The van der Waals surface area contributed by atoms with Crippen LogP contribution in [0.1, 0.15) is 0 Å². The molecule has 9 heavy (non-hydrogen) atoms. The number of hydrogen-bond donors (Lipinski definition) is 1. The van der Waals surface area contributed by atoms with Gasteiger partial charge in [-0.25, -0.2) is 0 Å². The molecule has 0 radical (unpaired) electrons. The molecule has 50 valence electrons. The molecule has 2 atom stereocenters. The average molecular weight is 125 g/mol. The molecule has 2 bridgehead atoms. The molecular formula is C6H11N3. The highest BCUT2D eigenvalue weighted by Gasteiger charge is 2.19. The van der Waals surface area contributed by atoms with Crippen molar-refractivity contribution >= 4 is 6.21 Å². The summed E-state index contributed by atoms with van der Waals surface area (Å²) in [4.78, 5) is 6.54. The van der Waals surface area contributed by atoms with Gasteiger partial charge in [-0.2, -0.15) is 0 Å². The van der Waals surface area contributed by atoms with Gasteiger partial charge in [-0.15, -0.1) is 0 Å². The molecule has 2 aliphatic rings. The first-order valence-electron chi connectivity index (χ1n) is 3.38. The zero-order chi connectivity index (χ0) is 6.10. The van der Waals surface area contributed by atoms with E-state index >= 15 is 0 Å². The number of nitrogens with one attached hydrogen (secondary N) is 1. The summed E-state index contributed by atoms with van der Waals surface area (Å²) < 4.78 is 0. The van der Waals surface area contributed by atoms with Crippen LogP contribution < -0.4 is 5.32 Å². The standard InChI is InChI=1S/C6H11N3/c1-6-2-8-5-9(3-6)4-7-1/h1,6,8H,2-5H2. The summed E-state index contributed by atoms with van der Waals surface area (Å²) in [7, 11) is 0. The maximum Gasteiger partial charge on any atom is 0.0915 e. The monoisotopic (exact) mass is 125 g/mol. The van der Waals surface area contributed by atoms with Gasteiger partial charge in [0.05, 0.1) is 6.67 Å². The van der Waals surface area contributed by atoms with Crippen molar-refractivity contribution in [3.8, 4) is 0 Å². The third-order valence-corrected chi connectivity index (χ3v) is 1.83. The van der Waals surface area contributed by atoms with Crippen LogP contribution in [-0.4, -0.2) is 37.5 Å². The van der Waals surface area contributed by atoms with E-state index in [1.165, 1.54) is 6.54 Å². The molecule has 2 unspecified atom stereocenters. The molecule has 1 saturated heterocycles. The van der Waals surface area contributed by atoms with E-state index in [-0.39, 0.29) is 0 Å². The Bertz CT molecular complexity index is 132. The van der Waals surface area contributed by atoms with Crippen LogP contribution >= 0.6 is 0 Å². The van der Waals surface area contributed by atoms with Crippen LogP contribution in [0.4, 0.5) is 0 Å². The summed E-state index contributed by atoms with van der Waals surface area (Å²) in [6, 6.07) is 0. The lowest BCUT2D eigenvalue weighted by Gasteiger charge is -2.33. The van der Waals surface area contributed by atoms with E-state index in [1.807, 2.05) is 0 Å². The normalized spacial score (nSPS) is 40.9. The van der Waals surface area contributed by atoms with E-state index in [0.717, 1.165) is 19.9 Å². The zero-order valence-corrected chi connectivity index (χ0v) is 5.38. The van der Waals surface area contributed by atoms with E-state index < -0.39 is 0 Å². The highest BCUT2D eigenvalue weighted by atomic mass is 15.3. The third-order valence-electron chi connectivity index (χ3n) is 1.83. The topological polar surface area (TPSA) is 27.6 Å². The molecule has 0 amide bonds. The van der Waals surface area contributed by atoms with Crippen LogP contribution in [0.15, 0.2) is 4.99 Å². The summed E-state index contributed by atoms with van der Waals surface area (Å²) in [5.74, 6) is 0.674. The largest absolute Gasteiger partial charge is 0.304 e. The second-order valence-corrected chi connectivity index (χ2v) is 2.70. The number of nitrogens with zero attached hydrogens (tertiary/aromatic N) is 2. The maximum absolute atomic E-state index is 4.22. The Morgan fingerprint density at radius 3 is 3.44 bits per heavy atom. The molecule has 0 aromatic carbocycles. The predicted octanol–water partition coefficient (Wildman–Crippen LogP) is -0.493. The molecule has 3 heteroatoms. The molecule has 0 saturated carbocycles. The number of rotatable bonds is 0. The Kier molecular flexibility index (Phi) is 1.24. The van der Waals surface area contributed by atoms with Crippen molar-refractivity contribution in [1.82, 2.24) is 10.2 Å². The lowest BCUT2D eigenvalue weighted by Crippen LogP contribution is -2.49. The van der Waals surface area contributed by atoms with Gasteiger partial charge in [0.2, 0.25) is 0 Å². The number of hydrogen-bond acceptors (Lipinski definition) is 3. The minimum absolute atomic E-state index is 0.674. The van der Waals surface area contributed by atoms with Gasteiger partial charge in [-0.3, -0.25) is 9.89 Å². The highest BCUT2D eigenvalue weighted by molar-refractivity contribution is 5.62. The van der Waals surface area contributed by atoms with Gasteiger partial charge in [0.25, 0.3) is 0 Å². The second-order valence-electron chi connectivity index (χ2n) is 2.70. The van der Waals surface area contributed by atoms with Crippen LogP contribution in [0.3, 0.4) is 0 Å². The molecule has 3 nitrogen and oxygen atoms in total. The number of aliphatic imine (C=N–C) groups is 1. The van der Waals surface area contributed by atoms with E-state index in [2.05, 4.69) is 21.4 Å². The van der Waals surface area contributed by atoms with E-state index in [9.17, 15) is 0 Å². The first-order chi connectivity index (χ1) is 4.45. The van der Waals surface area contributed by atoms with Crippen molar-refractivity contribution in [3.05, 3.63) is 0 Å². The molecule has 0 spiro atoms. The second kappa shape index (κ2) is 2.08. The van der Waals surface area contributed by atoms with Crippen molar-refractivity contribution in [1.29, 1.82) is 0 Å². The SMILES string of the molecule is C1=NCN2CNCC1C2. The Labute approximate surface area is 54.8 Å². The van der Waals surface area contributed by atoms with Gasteiger partial charge < -0.3 is 5.32 Å². The minimum Gasteiger partial charge on any atom is -0.304 e. The summed E-state index contributed by atoms with van der Waals surface area (Å²) in [6.45, 7) is 4.23. The summed E-state index contributed by atoms with van der Waals surface area (Å²) in [6.07, 6.45) is 2.07. The van der Waals surface area contributed by atoms with Crippen molar-refractivity contribution < 1.29 is 0 Å². The Morgan fingerprint density at radius 1 is 1.67 bits per heavy atom. The Morgan fingerprint density at radius 2 is 2.67 bits per heavy atom. The first-order valence-corrected chi connectivity index (χ1v) is 3.38. The van der Waals surface area contributed by atoms with Crippen LogP contribution in [0, 0.1) is 5.92 Å². The molecule has 1 fully saturated rings. The first kappa shape index (κ1) is 5.38. The van der Waals surface area contributed by atoms with Gasteiger partial charge >= 0.3 is 0 Å². The summed E-state index contributed by atoms with van der Waals surface area (Å²) in [5, 5.41) is 3.32. The molecule has 2 aliphatic heterocycles. The summed E-state index contributed by atoms with van der Waals surface area (Å²) in [5.41, 5.74) is 0. The lowest BCUT2D eigenvalue weighted by molar-refractivity contribution is 0.189. The van der Waals surface area contributed by atoms with Gasteiger partial charge in [0, 0.05) is 31.9 Å². The smallest absolute Gasteiger partial charge is 0.0915 e. The van der Waals surface area contributed by atoms with Gasteiger partial charge in [0.1, 0.15) is 0 Å². The minimum atomic E-state index is 0.674. The quantitative estimate of drug-likeness (QED) is 0.473. The summed E-state index contributed by atoms with van der Waals surface area (Å²) >= 11 is 0. The Hall–Kier alpha value is -0.410. The fraction of sp³-hybridized carbons (Fsp3) is 0.833. The van der Waals surface area contributed by atoms with E-state index in [4.69, 9.17) is 0 Å². The molecule has 2 heterocycles. The van der Waals surface area contributed by atoms with Crippen LogP contribution in [-0.2, 0) is 0 Å². The zero-order valence-electron chi connectivity index (χ0n) is 5.38. The fourth-order valence-electron chi connectivity index (χ4n) is 1.39. The van der Waals surface area contributed by atoms with E-state index in [1.54, 1.807) is 0 Å². The van der Waals surface area contributed by atoms with Crippen LogP contribution in [0.2, 0.25) is 0 Å². The molecule has 1 N–H and O–H groups in total. The molecule has 0 aromatic rings. The molecular weight excluding hydrogens is 114 g/mol. The van der Waals surface area contributed by atoms with Crippen molar-refractivity contribution in [2.45, 2.75) is 0 Å². The van der Waals surface area contributed by atoms with Crippen molar-refractivity contribution in [3.63, 3.8) is 0 Å².